The van der Waals surface area contributed by atoms with Crippen molar-refractivity contribution < 1.29 is 9.59 Å². The summed E-state index contributed by atoms with van der Waals surface area (Å²) in [7, 11) is 0. The molecule has 2 N–H and O–H groups in total. The molecule has 27 heavy (non-hydrogen) atoms. The predicted molar refractivity (Wildman–Crippen MR) is 108 cm³/mol. The summed E-state index contributed by atoms with van der Waals surface area (Å²) < 4.78 is 0. The van der Waals surface area contributed by atoms with Crippen LogP contribution in [0.15, 0.2) is 41.2 Å². The van der Waals surface area contributed by atoms with Crippen LogP contribution in [-0.2, 0) is 4.79 Å². The van der Waals surface area contributed by atoms with Crippen LogP contribution in [0.4, 0.5) is 0 Å². The fourth-order valence-corrected chi connectivity index (χ4v) is 4.42. The van der Waals surface area contributed by atoms with Gasteiger partial charge in [0.1, 0.15) is 11.2 Å². The summed E-state index contributed by atoms with van der Waals surface area (Å²) in [6, 6.07) is 7.34. The van der Waals surface area contributed by atoms with Crippen LogP contribution < -0.4 is 10.6 Å². The normalized spacial score (nSPS) is 22.9. The molecule has 5 nitrogen and oxygen atoms in total. The van der Waals surface area contributed by atoms with E-state index in [-0.39, 0.29) is 23.3 Å². The Morgan fingerprint density at radius 1 is 1.26 bits per heavy atom. The van der Waals surface area contributed by atoms with Crippen LogP contribution in [0.3, 0.4) is 0 Å². The minimum absolute atomic E-state index is 0.112. The number of nitrogens with one attached hydrogen (secondary N) is 2. The Bertz CT molecular complexity index is 784. The van der Waals surface area contributed by atoms with E-state index in [0.29, 0.717) is 18.5 Å². The maximum absolute atomic E-state index is 13.3. The number of carbonyl (C=O) groups is 2. The molecule has 144 valence electrons. The van der Waals surface area contributed by atoms with Gasteiger partial charge in [-0.25, -0.2) is 0 Å². The molecule has 0 saturated heterocycles. The molecule has 2 unspecified atom stereocenters. The predicted octanol–water partition coefficient (Wildman–Crippen LogP) is 3.88. The Kier molecular flexibility index (Phi) is 5.65. The van der Waals surface area contributed by atoms with Crippen molar-refractivity contribution in [2.45, 2.75) is 63.5 Å². The van der Waals surface area contributed by atoms with Gasteiger partial charge >= 0.3 is 0 Å². The highest BCUT2D eigenvalue weighted by atomic mass is 32.1. The molecule has 6 heteroatoms. The van der Waals surface area contributed by atoms with E-state index in [1.54, 1.807) is 35.7 Å². The molecule has 1 saturated carbocycles. The first-order valence-electron chi connectivity index (χ1n) is 9.37. The number of hydrogen-bond donors (Lipinski definition) is 2. The van der Waals surface area contributed by atoms with E-state index in [2.05, 4.69) is 32.4 Å². The average molecular weight is 386 g/mol. The highest BCUT2D eigenvalue weighted by Crippen LogP contribution is 2.40. The average Bonchev–Trinajstić information content (AvgIpc) is 3.16. The van der Waals surface area contributed by atoms with Crippen LogP contribution in [-0.4, -0.2) is 27.9 Å². The maximum atomic E-state index is 13.3. The first-order chi connectivity index (χ1) is 12.8. The summed E-state index contributed by atoms with van der Waals surface area (Å²) in [5.41, 5.74) is 0.291. The van der Waals surface area contributed by atoms with E-state index in [9.17, 15) is 9.59 Å². The second-order valence-electron chi connectivity index (χ2n) is 8.31. The van der Waals surface area contributed by atoms with Crippen molar-refractivity contribution in [1.29, 1.82) is 0 Å². The fourth-order valence-electron chi connectivity index (χ4n) is 3.68. The molecule has 1 aliphatic rings. The largest absolute Gasteiger partial charge is 0.349 e. The van der Waals surface area contributed by atoms with E-state index >= 15 is 0 Å². The lowest BCUT2D eigenvalue weighted by Crippen LogP contribution is -2.63. The fraction of sp³-hybridized carbons (Fsp3) is 0.476. The second-order valence-corrected chi connectivity index (χ2v) is 9.09. The van der Waals surface area contributed by atoms with Crippen molar-refractivity contribution in [2.75, 3.05) is 0 Å². The Labute approximate surface area is 164 Å². The van der Waals surface area contributed by atoms with Crippen molar-refractivity contribution in [1.82, 2.24) is 15.6 Å². The van der Waals surface area contributed by atoms with Crippen LogP contribution in [0.1, 0.15) is 68.4 Å². The molecule has 2 aromatic rings. The molecule has 2 aromatic heterocycles. The first kappa shape index (κ1) is 19.5. The molecule has 2 heterocycles. The third kappa shape index (κ3) is 4.75. The van der Waals surface area contributed by atoms with Gasteiger partial charge in [-0.15, -0.1) is 0 Å². The van der Waals surface area contributed by atoms with Gasteiger partial charge in [-0.05, 0) is 86.9 Å². The zero-order valence-corrected chi connectivity index (χ0v) is 16.9. The summed E-state index contributed by atoms with van der Waals surface area (Å²) in [6.45, 7) is 5.87. The van der Waals surface area contributed by atoms with Gasteiger partial charge in [0.25, 0.3) is 5.91 Å². The molecular weight excluding hydrogens is 358 g/mol. The Hall–Kier alpha value is -2.21. The number of thiophene rings is 1. The Balaban J connectivity index is 1.88. The third-order valence-electron chi connectivity index (χ3n) is 4.94. The van der Waals surface area contributed by atoms with Gasteiger partial charge in [0.2, 0.25) is 5.91 Å². The summed E-state index contributed by atoms with van der Waals surface area (Å²) in [5, 5.41) is 10.3. The van der Waals surface area contributed by atoms with E-state index < -0.39 is 5.54 Å². The number of aromatic nitrogens is 1. The zero-order valence-electron chi connectivity index (χ0n) is 16.1. The smallest absolute Gasteiger partial charge is 0.270 e. The molecule has 0 radical (unpaired) electrons. The van der Waals surface area contributed by atoms with Gasteiger partial charge in [-0.1, -0.05) is 6.07 Å². The topological polar surface area (TPSA) is 71.1 Å². The van der Waals surface area contributed by atoms with Crippen LogP contribution in [0, 0.1) is 0 Å². The Morgan fingerprint density at radius 2 is 2.07 bits per heavy atom. The second kappa shape index (κ2) is 7.80. The SMILES string of the molecule is CC(C)(C)NC(=O)C1(NC(=O)c2ccccn2)CCCC(c2ccsc2)C1. The van der Waals surface area contributed by atoms with Crippen molar-refractivity contribution in [2.24, 2.45) is 0 Å². The highest BCUT2D eigenvalue weighted by molar-refractivity contribution is 7.08. The quantitative estimate of drug-likeness (QED) is 0.839. The number of pyridine rings is 1. The van der Waals surface area contributed by atoms with Crippen LogP contribution in [0.2, 0.25) is 0 Å². The van der Waals surface area contributed by atoms with Crippen LogP contribution >= 0.6 is 11.3 Å². The number of rotatable bonds is 4. The van der Waals surface area contributed by atoms with Crippen LogP contribution in [0.5, 0.6) is 0 Å². The van der Waals surface area contributed by atoms with E-state index in [1.807, 2.05) is 20.8 Å². The summed E-state index contributed by atoms with van der Waals surface area (Å²) in [5.74, 6) is -0.149. The van der Waals surface area contributed by atoms with Crippen molar-refractivity contribution in [3.8, 4) is 0 Å². The van der Waals surface area contributed by atoms with Gasteiger partial charge in [-0.3, -0.25) is 14.6 Å². The molecule has 0 bridgehead atoms. The zero-order chi connectivity index (χ0) is 19.5. The van der Waals surface area contributed by atoms with Crippen molar-refractivity contribution >= 4 is 23.2 Å². The number of amides is 2. The van der Waals surface area contributed by atoms with Crippen molar-refractivity contribution in [3.63, 3.8) is 0 Å². The summed E-state index contributed by atoms with van der Waals surface area (Å²) in [4.78, 5) is 30.2. The molecule has 1 fully saturated rings. The van der Waals surface area contributed by atoms with Crippen molar-refractivity contribution in [3.05, 3.63) is 52.5 Å². The van der Waals surface area contributed by atoms with E-state index in [1.165, 1.54) is 5.56 Å². The maximum Gasteiger partial charge on any atom is 0.270 e. The molecule has 0 spiro atoms. The summed E-state index contributed by atoms with van der Waals surface area (Å²) in [6.07, 6.45) is 4.74. The molecule has 0 aromatic carbocycles. The summed E-state index contributed by atoms with van der Waals surface area (Å²) >= 11 is 1.66. The molecule has 2 atom stereocenters. The van der Waals surface area contributed by atoms with Gasteiger partial charge in [0, 0.05) is 11.7 Å². The lowest BCUT2D eigenvalue weighted by molar-refractivity contribution is -0.130. The minimum Gasteiger partial charge on any atom is -0.349 e. The van der Waals surface area contributed by atoms with Gasteiger partial charge in [-0.2, -0.15) is 11.3 Å². The van der Waals surface area contributed by atoms with E-state index in [4.69, 9.17) is 0 Å². The Morgan fingerprint density at radius 3 is 2.70 bits per heavy atom. The number of hydrogen-bond acceptors (Lipinski definition) is 4. The molecule has 2 amide bonds. The lowest BCUT2D eigenvalue weighted by Gasteiger charge is -2.41. The first-order valence-corrected chi connectivity index (χ1v) is 10.3. The lowest BCUT2D eigenvalue weighted by atomic mass is 9.72. The molecular formula is C21H27N3O2S. The van der Waals surface area contributed by atoms with Gasteiger partial charge in [0.15, 0.2) is 0 Å². The standard InChI is InChI=1S/C21H27N3O2S/c1-20(2,3)24-19(26)21(23-18(25)17-8-4-5-11-22-17)10-6-7-15(13-21)16-9-12-27-14-16/h4-5,8-9,11-12,14-15H,6-7,10,13H2,1-3H3,(H,23,25)(H,24,26). The van der Waals surface area contributed by atoms with Gasteiger partial charge in [0.05, 0.1) is 0 Å². The number of carbonyl (C=O) groups excluding carboxylic acids is 2. The molecule has 0 aliphatic heterocycles. The third-order valence-corrected chi connectivity index (χ3v) is 5.64. The van der Waals surface area contributed by atoms with Gasteiger partial charge < -0.3 is 10.6 Å². The molecule has 3 rings (SSSR count). The van der Waals surface area contributed by atoms with Crippen LogP contribution in [0.25, 0.3) is 0 Å². The minimum atomic E-state index is -0.924. The molecule has 1 aliphatic carbocycles. The highest BCUT2D eigenvalue weighted by Gasteiger charge is 2.45. The number of nitrogens with zero attached hydrogens (tertiary/aromatic N) is 1. The van der Waals surface area contributed by atoms with E-state index in [0.717, 1.165) is 12.8 Å². The monoisotopic (exact) mass is 385 g/mol.